The second-order valence-corrected chi connectivity index (χ2v) is 4.25. The van der Waals surface area contributed by atoms with Crippen LogP contribution in [0.3, 0.4) is 0 Å². The van der Waals surface area contributed by atoms with Crippen LogP contribution >= 0.6 is 0 Å². The fourth-order valence-electron chi connectivity index (χ4n) is 2.19. The maximum absolute atomic E-state index is 11.6. The van der Waals surface area contributed by atoms with Gasteiger partial charge in [-0.05, 0) is 24.0 Å². The number of hydrogen-bond donors (Lipinski definition) is 2. The van der Waals surface area contributed by atoms with E-state index < -0.39 is 0 Å². The van der Waals surface area contributed by atoms with E-state index in [1.54, 1.807) is 0 Å². The van der Waals surface area contributed by atoms with Crippen molar-refractivity contribution < 1.29 is 4.79 Å². The minimum absolute atomic E-state index is 0.0121. The van der Waals surface area contributed by atoms with Crippen LogP contribution in [0.1, 0.15) is 11.1 Å². The first-order valence-electron chi connectivity index (χ1n) is 5.80. The van der Waals surface area contributed by atoms with Gasteiger partial charge in [-0.3, -0.25) is 10.1 Å². The van der Waals surface area contributed by atoms with Crippen LogP contribution in [0.15, 0.2) is 24.3 Å². The summed E-state index contributed by atoms with van der Waals surface area (Å²) in [4.78, 5) is 11.6. The Morgan fingerprint density at radius 2 is 2.00 bits per heavy atom. The molecule has 2 rings (SSSR count). The molecule has 3 heteroatoms. The average Bonchev–Trinajstić information content (AvgIpc) is 2.71. The van der Waals surface area contributed by atoms with E-state index in [1.807, 2.05) is 12.1 Å². The minimum atomic E-state index is 0.0121. The first kappa shape index (κ1) is 11.7. The first-order valence-corrected chi connectivity index (χ1v) is 5.80. The monoisotopic (exact) mass is 228 g/mol. The Labute approximate surface area is 102 Å². The number of rotatable bonds is 4. The van der Waals surface area contributed by atoms with Gasteiger partial charge in [0, 0.05) is 6.04 Å². The van der Waals surface area contributed by atoms with Crippen LogP contribution in [0.5, 0.6) is 0 Å². The molecule has 0 heterocycles. The summed E-state index contributed by atoms with van der Waals surface area (Å²) in [6.07, 6.45) is 6.95. The van der Waals surface area contributed by atoms with Gasteiger partial charge < -0.3 is 5.32 Å². The topological polar surface area (TPSA) is 41.1 Å². The van der Waals surface area contributed by atoms with Crippen LogP contribution in [0.4, 0.5) is 0 Å². The molecule has 0 radical (unpaired) electrons. The van der Waals surface area contributed by atoms with Crippen molar-refractivity contribution in [3.05, 3.63) is 35.4 Å². The zero-order valence-electron chi connectivity index (χ0n) is 9.70. The Morgan fingerprint density at radius 3 is 2.59 bits per heavy atom. The third kappa shape index (κ3) is 3.08. The number of carbonyl (C=O) groups is 1. The Balaban J connectivity index is 1.80. The van der Waals surface area contributed by atoms with E-state index in [0.29, 0.717) is 6.54 Å². The maximum atomic E-state index is 11.6. The van der Waals surface area contributed by atoms with Crippen molar-refractivity contribution in [2.45, 2.75) is 18.9 Å². The largest absolute Gasteiger partial charge is 0.352 e. The lowest BCUT2D eigenvalue weighted by Crippen LogP contribution is -2.40. The predicted octanol–water partition coefficient (Wildman–Crippen LogP) is 0.493. The van der Waals surface area contributed by atoms with Gasteiger partial charge in [0.2, 0.25) is 5.91 Å². The van der Waals surface area contributed by atoms with E-state index >= 15 is 0 Å². The summed E-state index contributed by atoms with van der Waals surface area (Å²) in [6, 6.07) is 8.55. The molecule has 0 bridgehead atoms. The van der Waals surface area contributed by atoms with E-state index in [1.165, 1.54) is 11.1 Å². The number of nitrogens with one attached hydrogen (secondary N) is 2. The standard InChI is InChI=1S/C14H16N2O/c1-2-7-15-10-14(17)16-13-8-11-5-3-4-6-12(11)9-13/h1,3-6,13,15H,7-10H2,(H,16,17). The Kier molecular flexibility index (Phi) is 3.79. The summed E-state index contributed by atoms with van der Waals surface area (Å²) >= 11 is 0. The van der Waals surface area contributed by atoms with Gasteiger partial charge in [0.1, 0.15) is 0 Å². The molecule has 0 aliphatic heterocycles. The molecule has 0 aromatic heterocycles. The Morgan fingerprint density at radius 1 is 1.35 bits per heavy atom. The second-order valence-electron chi connectivity index (χ2n) is 4.25. The highest BCUT2D eigenvalue weighted by molar-refractivity contribution is 5.78. The first-order chi connectivity index (χ1) is 8.29. The summed E-state index contributed by atoms with van der Waals surface area (Å²) in [5.41, 5.74) is 2.68. The van der Waals surface area contributed by atoms with E-state index in [-0.39, 0.29) is 18.5 Å². The van der Waals surface area contributed by atoms with Crippen molar-refractivity contribution in [2.24, 2.45) is 0 Å². The Hall–Kier alpha value is -1.79. The number of benzene rings is 1. The lowest BCUT2D eigenvalue weighted by molar-refractivity contribution is -0.120. The molecular formula is C14H16N2O. The molecular weight excluding hydrogens is 212 g/mol. The molecule has 0 fully saturated rings. The highest BCUT2D eigenvalue weighted by Gasteiger charge is 2.21. The summed E-state index contributed by atoms with van der Waals surface area (Å²) < 4.78 is 0. The molecule has 0 spiro atoms. The minimum Gasteiger partial charge on any atom is -0.352 e. The zero-order chi connectivity index (χ0) is 12.1. The van der Waals surface area contributed by atoms with Crippen molar-refractivity contribution in [1.82, 2.24) is 10.6 Å². The number of amides is 1. The van der Waals surface area contributed by atoms with Gasteiger partial charge in [-0.2, -0.15) is 0 Å². The molecule has 0 atom stereocenters. The number of carbonyl (C=O) groups excluding carboxylic acids is 1. The molecule has 1 amide bonds. The normalized spacial score (nSPS) is 14.1. The van der Waals surface area contributed by atoms with Crippen LogP contribution in [-0.2, 0) is 17.6 Å². The highest BCUT2D eigenvalue weighted by Crippen LogP contribution is 2.21. The lowest BCUT2D eigenvalue weighted by atomic mass is 10.1. The summed E-state index contributed by atoms with van der Waals surface area (Å²) in [5.74, 6) is 2.45. The van der Waals surface area contributed by atoms with Crippen LogP contribution in [-0.4, -0.2) is 25.0 Å². The molecule has 0 saturated carbocycles. The summed E-state index contributed by atoms with van der Waals surface area (Å²) in [6.45, 7) is 0.718. The number of fused-ring (bicyclic) bond motifs is 1. The SMILES string of the molecule is C#CCNCC(=O)NC1Cc2ccccc2C1. The van der Waals surface area contributed by atoms with Crippen molar-refractivity contribution in [3.8, 4) is 12.3 Å². The molecule has 0 unspecified atom stereocenters. The summed E-state index contributed by atoms with van der Waals surface area (Å²) in [5, 5.41) is 5.90. The molecule has 17 heavy (non-hydrogen) atoms. The van der Waals surface area contributed by atoms with Crippen LogP contribution in [0.25, 0.3) is 0 Å². The van der Waals surface area contributed by atoms with Gasteiger partial charge in [-0.1, -0.05) is 30.2 Å². The molecule has 88 valence electrons. The fraction of sp³-hybridized carbons (Fsp3) is 0.357. The van der Waals surface area contributed by atoms with Gasteiger partial charge in [-0.25, -0.2) is 0 Å². The molecule has 1 aromatic rings. The van der Waals surface area contributed by atoms with E-state index in [9.17, 15) is 4.79 Å². The van der Waals surface area contributed by atoms with Gasteiger partial charge in [-0.15, -0.1) is 6.42 Å². The van der Waals surface area contributed by atoms with Gasteiger partial charge in [0.15, 0.2) is 0 Å². The maximum Gasteiger partial charge on any atom is 0.234 e. The fourth-order valence-corrected chi connectivity index (χ4v) is 2.19. The smallest absolute Gasteiger partial charge is 0.234 e. The van der Waals surface area contributed by atoms with E-state index in [4.69, 9.17) is 6.42 Å². The van der Waals surface area contributed by atoms with Crippen molar-refractivity contribution in [3.63, 3.8) is 0 Å². The van der Waals surface area contributed by atoms with Gasteiger partial charge in [0.25, 0.3) is 0 Å². The van der Waals surface area contributed by atoms with Crippen LogP contribution < -0.4 is 10.6 Å². The van der Waals surface area contributed by atoms with Crippen molar-refractivity contribution in [2.75, 3.05) is 13.1 Å². The summed E-state index contributed by atoms with van der Waals surface area (Å²) in [7, 11) is 0. The third-order valence-electron chi connectivity index (χ3n) is 2.93. The third-order valence-corrected chi connectivity index (χ3v) is 2.93. The Bertz CT molecular complexity index is 423. The number of hydrogen-bond acceptors (Lipinski definition) is 2. The molecule has 1 aliphatic rings. The van der Waals surface area contributed by atoms with E-state index in [0.717, 1.165) is 12.8 Å². The van der Waals surface area contributed by atoms with Crippen LogP contribution in [0.2, 0.25) is 0 Å². The molecule has 1 aliphatic carbocycles. The van der Waals surface area contributed by atoms with Crippen molar-refractivity contribution in [1.29, 1.82) is 0 Å². The molecule has 2 N–H and O–H groups in total. The number of terminal acetylenes is 1. The zero-order valence-corrected chi connectivity index (χ0v) is 9.70. The van der Waals surface area contributed by atoms with Crippen molar-refractivity contribution >= 4 is 5.91 Å². The van der Waals surface area contributed by atoms with E-state index in [2.05, 4.69) is 28.7 Å². The van der Waals surface area contributed by atoms with Gasteiger partial charge in [0.05, 0.1) is 13.1 Å². The lowest BCUT2D eigenvalue weighted by Gasteiger charge is -2.11. The molecule has 1 aromatic carbocycles. The highest BCUT2D eigenvalue weighted by atomic mass is 16.1. The average molecular weight is 228 g/mol. The van der Waals surface area contributed by atoms with Gasteiger partial charge >= 0.3 is 0 Å². The quantitative estimate of drug-likeness (QED) is 0.582. The molecule has 3 nitrogen and oxygen atoms in total. The predicted molar refractivity (Wildman–Crippen MR) is 67.5 cm³/mol. The second kappa shape index (κ2) is 5.51. The van der Waals surface area contributed by atoms with Crippen LogP contribution in [0, 0.1) is 12.3 Å². The molecule has 0 saturated heterocycles.